The largest absolute Gasteiger partial charge is 0.476 e. The molecule has 0 aliphatic heterocycles. The third-order valence-corrected chi connectivity index (χ3v) is 3.72. The molecular weight excluding hydrogens is 320 g/mol. The molecule has 0 atom stereocenters. The number of halogens is 1. The van der Waals surface area contributed by atoms with E-state index >= 15 is 0 Å². The van der Waals surface area contributed by atoms with Gasteiger partial charge in [-0.15, -0.1) is 0 Å². The molecule has 0 unspecified atom stereocenters. The minimum Gasteiger partial charge on any atom is -0.476 e. The number of nitrogens with zero attached hydrogens (tertiary/aromatic N) is 2. The van der Waals surface area contributed by atoms with Crippen LogP contribution in [-0.4, -0.2) is 20.5 Å². The minimum absolute atomic E-state index is 0.0878. The number of aromatic nitrogens is 2. The molecule has 0 aliphatic carbocycles. The number of benzene rings is 1. The van der Waals surface area contributed by atoms with Gasteiger partial charge in [0.05, 0.1) is 5.52 Å². The summed E-state index contributed by atoms with van der Waals surface area (Å²) in [6, 6.07) is 11.7. The highest BCUT2D eigenvalue weighted by Gasteiger charge is 2.14. The van der Waals surface area contributed by atoms with Crippen molar-refractivity contribution in [1.29, 1.82) is 0 Å². The number of carbonyl (C=O) groups is 1. The van der Waals surface area contributed by atoms with Gasteiger partial charge in [0.1, 0.15) is 5.82 Å². The first-order valence-electron chi connectivity index (χ1n) is 6.04. The Morgan fingerprint density at radius 1 is 1.15 bits per heavy atom. The highest BCUT2D eigenvalue weighted by molar-refractivity contribution is 9.10. The van der Waals surface area contributed by atoms with Gasteiger partial charge in [0.25, 0.3) is 0 Å². The van der Waals surface area contributed by atoms with Crippen molar-refractivity contribution >= 4 is 27.4 Å². The number of carboxylic acids is 1. The Morgan fingerprint density at radius 3 is 2.45 bits per heavy atom. The standard InChI is InChI=1S/C15H11BrN2O2/c1-9-17-14(15(19)20)13-7-4-11(8-18(9)13)10-2-5-12(16)6-3-10/h2-8H,1H3,(H,19,20). The summed E-state index contributed by atoms with van der Waals surface area (Å²) in [5.74, 6) is -0.344. The van der Waals surface area contributed by atoms with Crippen LogP contribution in [0.5, 0.6) is 0 Å². The van der Waals surface area contributed by atoms with Gasteiger partial charge in [-0.25, -0.2) is 9.78 Å². The topological polar surface area (TPSA) is 54.6 Å². The molecule has 20 heavy (non-hydrogen) atoms. The Balaban J connectivity index is 2.18. The van der Waals surface area contributed by atoms with Gasteiger partial charge in [0.15, 0.2) is 5.69 Å². The van der Waals surface area contributed by atoms with Crippen LogP contribution in [0.1, 0.15) is 16.3 Å². The second kappa shape index (κ2) is 4.76. The third kappa shape index (κ3) is 2.10. The second-order valence-electron chi connectivity index (χ2n) is 4.49. The van der Waals surface area contributed by atoms with Gasteiger partial charge in [0.2, 0.25) is 0 Å². The zero-order chi connectivity index (χ0) is 14.3. The van der Waals surface area contributed by atoms with Gasteiger partial charge in [0, 0.05) is 10.7 Å². The van der Waals surface area contributed by atoms with E-state index in [1.807, 2.05) is 36.5 Å². The summed E-state index contributed by atoms with van der Waals surface area (Å²) in [7, 11) is 0. The molecule has 3 rings (SSSR count). The van der Waals surface area contributed by atoms with Crippen LogP contribution in [0, 0.1) is 6.92 Å². The average molecular weight is 331 g/mol. The van der Waals surface area contributed by atoms with Crippen molar-refractivity contribution in [2.45, 2.75) is 6.92 Å². The van der Waals surface area contributed by atoms with E-state index in [9.17, 15) is 4.79 Å². The van der Waals surface area contributed by atoms with E-state index in [4.69, 9.17) is 5.11 Å². The van der Waals surface area contributed by atoms with E-state index in [1.165, 1.54) is 0 Å². The second-order valence-corrected chi connectivity index (χ2v) is 5.41. The molecule has 0 aliphatic rings. The number of imidazole rings is 1. The van der Waals surface area contributed by atoms with Crippen LogP contribution >= 0.6 is 15.9 Å². The molecule has 0 saturated carbocycles. The molecule has 0 spiro atoms. The number of pyridine rings is 1. The van der Waals surface area contributed by atoms with Gasteiger partial charge < -0.3 is 9.51 Å². The maximum atomic E-state index is 11.1. The number of aryl methyl sites for hydroxylation is 1. The zero-order valence-corrected chi connectivity index (χ0v) is 12.3. The van der Waals surface area contributed by atoms with Crippen molar-refractivity contribution in [1.82, 2.24) is 9.38 Å². The SMILES string of the molecule is Cc1nc(C(=O)O)c2ccc(-c3ccc(Br)cc3)cn12. The van der Waals surface area contributed by atoms with Crippen molar-refractivity contribution in [3.05, 3.63) is 58.6 Å². The molecule has 0 radical (unpaired) electrons. The number of aromatic carboxylic acids is 1. The summed E-state index contributed by atoms with van der Waals surface area (Å²) in [6.07, 6.45) is 1.91. The fraction of sp³-hybridized carbons (Fsp3) is 0.0667. The lowest BCUT2D eigenvalue weighted by Crippen LogP contribution is -1.97. The molecule has 3 aromatic rings. The molecular formula is C15H11BrN2O2. The highest BCUT2D eigenvalue weighted by Crippen LogP contribution is 2.24. The van der Waals surface area contributed by atoms with Crippen molar-refractivity contribution < 1.29 is 9.90 Å². The van der Waals surface area contributed by atoms with Crippen LogP contribution in [0.4, 0.5) is 0 Å². The Morgan fingerprint density at radius 2 is 1.80 bits per heavy atom. The van der Waals surface area contributed by atoms with Gasteiger partial charge in [-0.05, 0) is 36.2 Å². The van der Waals surface area contributed by atoms with Crippen LogP contribution < -0.4 is 0 Å². The normalized spacial score (nSPS) is 10.9. The number of rotatable bonds is 2. The summed E-state index contributed by atoms with van der Waals surface area (Å²) in [5, 5.41) is 9.13. The summed E-state index contributed by atoms with van der Waals surface area (Å²) in [6.45, 7) is 1.80. The molecule has 5 heteroatoms. The molecule has 2 aromatic heterocycles. The monoisotopic (exact) mass is 330 g/mol. The van der Waals surface area contributed by atoms with E-state index in [2.05, 4.69) is 20.9 Å². The number of carboxylic acid groups (broad SMARTS) is 1. The first-order valence-corrected chi connectivity index (χ1v) is 6.83. The lowest BCUT2D eigenvalue weighted by atomic mass is 10.1. The summed E-state index contributed by atoms with van der Waals surface area (Å²) in [5.41, 5.74) is 2.78. The quantitative estimate of drug-likeness (QED) is 0.778. The van der Waals surface area contributed by atoms with Gasteiger partial charge in [-0.1, -0.05) is 34.1 Å². The Bertz CT molecular complexity index is 807. The van der Waals surface area contributed by atoms with Crippen molar-refractivity contribution in [2.75, 3.05) is 0 Å². The predicted octanol–water partition coefficient (Wildman–Crippen LogP) is 3.77. The van der Waals surface area contributed by atoms with Crippen molar-refractivity contribution in [2.24, 2.45) is 0 Å². The lowest BCUT2D eigenvalue weighted by Gasteiger charge is -2.04. The van der Waals surface area contributed by atoms with Crippen LogP contribution in [0.15, 0.2) is 47.1 Å². The number of hydrogen-bond donors (Lipinski definition) is 1. The maximum Gasteiger partial charge on any atom is 0.356 e. The molecule has 0 amide bonds. The van der Waals surface area contributed by atoms with E-state index in [0.717, 1.165) is 15.6 Å². The lowest BCUT2D eigenvalue weighted by molar-refractivity contribution is 0.0693. The summed E-state index contributed by atoms with van der Waals surface area (Å²) in [4.78, 5) is 15.2. The molecule has 0 bridgehead atoms. The smallest absolute Gasteiger partial charge is 0.356 e. The Kier molecular flexibility index (Phi) is 3.06. The first kappa shape index (κ1) is 12.9. The van der Waals surface area contributed by atoms with Crippen molar-refractivity contribution in [3.8, 4) is 11.1 Å². The molecule has 2 heterocycles. The molecule has 4 nitrogen and oxygen atoms in total. The molecule has 0 fully saturated rings. The number of fused-ring (bicyclic) bond motifs is 1. The molecule has 100 valence electrons. The average Bonchev–Trinajstić information content (AvgIpc) is 2.77. The van der Waals surface area contributed by atoms with Gasteiger partial charge >= 0.3 is 5.97 Å². The predicted molar refractivity (Wildman–Crippen MR) is 80.0 cm³/mol. The summed E-state index contributed by atoms with van der Waals surface area (Å²) < 4.78 is 2.83. The fourth-order valence-corrected chi connectivity index (χ4v) is 2.47. The maximum absolute atomic E-state index is 11.1. The Labute approximate surface area is 123 Å². The minimum atomic E-state index is -1.01. The van der Waals surface area contributed by atoms with E-state index in [0.29, 0.717) is 11.3 Å². The third-order valence-electron chi connectivity index (χ3n) is 3.19. The summed E-state index contributed by atoms with van der Waals surface area (Å²) >= 11 is 3.41. The van der Waals surface area contributed by atoms with Crippen LogP contribution in [0.25, 0.3) is 16.6 Å². The fourth-order valence-electron chi connectivity index (χ4n) is 2.20. The Hall–Kier alpha value is -2.14. The van der Waals surface area contributed by atoms with Gasteiger partial charge in [-0.2, -0.15) is 0 Å². The molecule has 1 aromatic carbocycles. The molecule has 1 N–H and O–H groups in total. The number of hydrogen-bond acceptors (Lipinski definition) is 2. The van der Waals surface area contributed by atoms with E-state index in [1.54, 1.807) is 17.4 Å². The first-order chi connectivity index (χ1) is 9.56. The molecule has 0 saturated heterocycles. The van der Waals surface area contributed by atoms with E-state index in [-0.39, 0.29) is 5.69 Å². The van der Waals surface area contributed by atoms with Crippen molar-refractivity contribution in [3.63, 3.8) is 0 Å². The van der Waals surface area contributed by atoms with Crippen LogP contribution in [0.3, 0.4) is 0 Å². The zero-order valence-electron chi connectivity index (χ0n) is 10.7. The van der Waals surface area contributed by atoms with E-state index < -0.39 is 5.97 Å². The van der Waals surface area contributed by atoms with Crippen LogP contribution in [-0.2, 0) is 0 Å². The van der Waals surface area contributed by atoms with Crippen LogP contribution in [0.2, 0.25) is 0 Å². The highest BCUT2D eigenvalue weighted by atomic mass is 79.9. The van der Waals surface area contributed by atoms with Gasteiger partial charge in [-0.3, -0.25) is 0 Å².